The van der Waals surface area contributed by atoms with Crippen molar-refractivity contribution in [1.29, 1.82) is 0 Å². The van der Waals surface area contributed by atoms with Gasteiger partial charge in [0.05, 0.1) is 5.56 Å². The molecule has 21 heavy (non-hydrogen) atoms. The third-order valence-corrected chi connectivity index (χ3v) is 2.92. The number of aromatic carboxylic acids is 1. The number of rotatable bonds is 7. The van der Waals surface area contributed by atoms with Crippen LogP contribution in [0.25, 0.3) is 0 Å². The maximum absolute atomic E-state index is 12.2. The second-order valence-corrected chi connectivity index (χ2v) is 5.80. The van der Waals surface area contributed by atoms with E-state index in [0.717, 1.165) is 13.0 Å². The highest BCUT2D eigenvalue weighted by Gasteiger charge is 2.17. The Labute approximate surface area is 125 Å². The molecule has 1 aromatic heterocycles. The molecule has 1 unspecified atom stereocenters. The molecule has 0 aliphatic rings. The lowest BCUT2D eigenvalue weighted by molar-refractivity contribution is 0.0695. The zero-order chi connectivity index (χ0) is 16.0. The average Bonchev–Trinajstić information content (AvgIpc) is 2.37. The minimum Gasteiger partial charge on any atom is -0.478 e. The van der Waals surface area contributed by atoms with Gasteiger partial charge in [0.2, 0.25) is 0 Å². The van der Waals surface area contributed by atoms with Crippen LogP contribution in [-0.2, 0) is 0 Å². The maximum atomic E-state index is 12.2. The van der Waals surface area contributed by atoms with E-state index >= 15 is 0 Å². The minimum atomic E-state index is -1.06. The Morgan fingerprint density at radius 2 is 2.00 bits per heavy atom. The number of carboxylic acids is 1. The lowest BCUT2D eigenvalue weighted by Gasteiger charge is -2.23. The first-order valence-corrected chi connectivity index (χ1v) is 6.94. The normalized spacial score (nSPS) is 12.5. The predicted octanol–water partition coefficient (Wildman–Crippen LogP) is 1.49. The predicted molar refractivity (Wildman–Crippen MR) is 80.5 cm³/mol. The maximum Gasteiger partial charge on any atom is 0.337 e. The molecule has 0 saturated heterocycles. The summed E-state index contributed by atoms with van der Waals surface area (Å²) in [7, 11) is 3.92. The minimum absolute atomic E-state index is 0.0356. The first-order valence-electron chi connectivity index (χ1n) is 6.94. The highest BCUT2D eigenvalue weighted by Crippen LogP contribution is 2.07. The molecule has 0 aliphatic heterocycles. The van der Waals surface area contributed by atoms with Crippen molar-refractivity contribution in [3.05, 3.63) is 29.6 Å². The third kappa shape index (κ3) is 5.91. The van der Waals surface area contributed by atoms with Crippen molar-refractivity contribution in [2.45, 2.75) is 26.3 Å². The van der Waals surface area contributed by atoms with Crippen molar-refractivity contribution in [2.75, 3.05) is 20.6 Å². The number of carbonyl (C=O) groups excluding carboxylic acids is 1. The van der Waals surface area contributed by atoms with Gasteiger partial charge in [-0.2, -0.15) is 0 Å². The van der Waals surface area contributed by atoms with Crippen molar-refractivity contribution >= 4 is 11.9 Å². The SMILES string of the molecule is CC(C)CC(CN(C)C)NC(=O)c1ccc(C(=O)O)cn1. The lowest BCUT2D eigenvalue weighted by atomic mass is 10.0. The smallest absolute Gasteiger partial charge is 0.337 e. The number of carbonyl (C=O) groups is 2. The topological polar surface area (TPSA) is 82.5 Å². The fraction of sp³-hybridized carbons (Fsp3) is 0.533. The Kier molecular flexibility index (Phi) is 6.30. The van der Waals surface area contributed by atoms with Crippen molar-refractivity contribution < 1.29 is 14.7 Å². The first-order chi connectivity index (χ1) is 9.79. The summed E-state index contributed by atoms with van der Waals surface area (Å²) in [5.41, 5.74) is 0.297. The highest BCUT2D eigenvalue weighted by molar-refractivity contribution is 5.93. The number of nitrogens with zero attached hydrogens (tertiary/aromatic N) is 2. The van der Waals surface area contributed by atoms with E-state index in [4.69, 9.17) is 5.11 Å². The van der Waals surface area contributed by atoms with Crippen molar-refractivity contribution in [3.63, 3.8) is 0 Å². The summed E-state index contributed by atoms with van der Waals surface area (Å²) in [6.07, 6.45) is 2.07. The second kappa shape index (κ2) is 7.73. The number of amides is 1. The zero-order valence-electron chi connectivity index (χ0n) is 13.0. The van der Waals surface area contributed by atoms with Crippen LogP contribution in [0.3, 0.4) is 0 Å². The van der Waals surface area contributed by atoms with E-state index in [9.17, 15) is 9.59 Å². The van der Waals surface area contributed by atoms with Crippen LogP contribution in [0.2, 0.25) is 0 Å². The molecule has 1 rings (SSSR count). The summed E-state index contributed by atoms with van der Waals surface area (Å²) in [5.74, 6) is -0.864. The van der Waals surface area contributed by atoms with Crippen LogP contribution in [0.1, 0.15) is 41.1 Å². The van der Waals surface area contributed by atoms with Crippen LogP contribution >= 0.6 is 0 Å². The Morgan fingerprint density at radius 1 is 1.33 bits per heavy atom. The van der Waals surface area contributed by atoms with Gasteiger partial charge in [-0.1, -0.05) is 13.8 Å². The van der Waals surface area contributed by atoms with Gasteiger partial charge in [0.15, 0.2) is 0 Å². The molecule has 6 nitrogen and oxygen atoms in total. The number of hydrogen-bond acceptors (Lipinski definition) is 4. The fourth-order valence-electron chi connectivity index (χ4n) is 2.10. The van der Waals surface area contributed by atoms with Crippen molar-refractivity contribution in [1.82, 2.24) is 15.2 Å². The van der Waals surface area contributed by atoms with Crippen molar-refractivity contribution in [3.8, 4) is 0 Å². The summed E-state index contributed by atoms with van der Waals surface area (Å²) in [4.78, 5) is 28.8. The van der Waals surface area contributed by atoms with Gasteiger partial charge in [0, 0.05) is 18.8 Å². The van der Waals surface area contributed by atoms with Gasteiger partial charge in [0.1, 0.15) is 5.69 Å². The number of pyridine rings is 1. The molecule has 0 radical (unpaired) electrons. The molecule has 1 amide bonds. The van der Waals surface area contributed by atoms with E-state index in [1.54, 1.807) is 0 Å². The monoisotopic (exact) mass is 293 g/mol. The molecular weight excluding hydrogens is 270 g/mol. The van der Waals surface area contributed by atoms with Crippen LogP contribution in [-0.4, -0.2) is 53.5 Å². The second-order valence-electron chi connectivity index (χ2n) is 5.80. The molecule has 0 aliphatic carbocycles. The molecule has 0 saturated carbocycles. The summed E-state index contributed by atoms with van der Waals surface area (Å²) in [6.45, 7) is 4.96. The summed E-state index contributed by atoms with van der Waals surface area (Å²) < 4.78 is 0. The molecular formula is C15H23N3O3. The quantitative estimate of drug-likeness (QED) is 0.796. The van der Waals surface area contributed by atoms with Gasteiger partial charge in [-0.25, -0.2) is 4.79 Å². The Balaban J connectivity index is 2.73. The molecule has 1 atom stereocenters. The number of carboxylic acid groups (broad SMARTS) is 1. The Hall–Kier alpha value is -1.95. The van der Waals surface area contributed by atoms with Crippen LogP contribution in [0.4, 0.5) is 0 Å². The molecule has 1 heterocycles. The first kappa shape index (κ1) is 17.1. The highest BCUT2D eigenvalue weighted by atomic mass is 16.4. The molecule has 2 N–H and O–H groups in total. The van der Waals surface area contributed by atoms with Gasteiger partial charge in [-0.15, -0.1) is 0 Å². The molecule has 0 spiro atoms. The van der Waals surface area contributed by atoms with E-state index in [-0.39, 0.29) is 23.2 Å². The van der Waals surface area contributed by atoms with Gasteiger partial charge < -0.3 is 15.3 Å². The standard InChI is InChI=1S/C15H23N3O3/c1-10(2)7-12(9-18(3)4)17-14(19)13-6-5-11(8-16-13)15(20)21/h5-6,8,10,12H,7,9H2,1-4H3,(H,17,19)(H,20,21). The van der Waals surface area contributed by atoms with Crippen LogP contribution < -0.4 is 5.32 Å². The number of nitrogens with one attached hydrogen (secondary N) is 1. The van der Waals surface area contributed by atoms with Crippen molar-refractivity contribution in [2.24, 2.45) is 5.92 Å². The van der Waals surface area contributed by atoms with Gasteiger partial charge in [0.25, 0.3) is 5.91 Å². The van der Waals surface area contributed by atoms with Gasteiger partial charge in [-0.3, -0.25) is 9.78 Å². The van der Waals surface area contributed by atoms with E-state index in [1.165, 1.54) is 18.3 Å². The van der Waals surface area contributed by atoms with E-state index in [0.29, 0.717) is 5.92 Å². The number of likely N-dealkylation sites (N-methyl/N-ethyl adjacent to an activating group) is 1. The van der Waals surface area contributed by atoms with E-state index in [1.807, 2.05) is 19.0 Å². The van der Waals surface area contributed by atoms with Crippen LogP contribution in [0.15, 0.2) is 18.3 Å². The largest absolute Gasteiger partial charge is 0.478 e. The summed E-state index contributed by atoms with van der Waals surface area (Å²) >= 11 is 0. The number of aromatic nitrogens is 1. The average molecular weight is 293 g/mol. The summed E-state index contributed by atoms with van der Waals surface area (Å²) in [6, 6.07) is 2.85. The number of hydrogen-bond donors (Lipinski definition) is 2. The lowest BCUT2D eigenvalue weighted by Crippen LogP contribution is -2.42. The third-order valence-electron chi connectivity index (χ3n) is 2.92. The Bertz CT molecular complexity index is 473. The van der Waals surface area contributed by atoms with Gasteiger partial charge >= 0.3 is 5.97 Å². The summed E-state index contributed by atoms with van der Waals surface area (Å²) in [5, 5.41) is 11.8. The van der Waals surface area contributed by atoms with Crippen LogP contribution in [0.5, 0.6) is 0 Å². The molecule has 0 fully saturated rings. The molecule has 1 aromatic rings. The molecule has 116 valence electrons. The van der Waals surface area contributed by atoms with Crippen LogP contribution in [0, 0.1) is 5.92 Å². The zero-order valence-corrected chi connectivity index (χ0v) is 13.0. The van der Waals surface area contributed by atoms with Gasteiger partial charge in [-0.05, 0) is 38.6 Å². The Morgan fingerprint density at radius 3 is 2.43 bits per heavy atom. The fourth-order valence-corrected chi connectivity index (χ4v) is 2.10. The van der Waals surface area contributed by atoms with E-state index < -0.39 is 5.97 Å². The van der Waals surface area contributed by atoms with E-state index in [2.05, 4.69) is 24.1 Å². The molecule has 0 bridgehead atoms. The molecule has 0 aromatic carbocycles. The molecule has 6 heteroatoms.